The Morgan fingerprint density at radius 2 is 1.40 bits per heavy atom. The Morgan fingerprint density at radius 3 is 1.47 bits per heavy atom. The van der Waals surface area contributed by atoms with E-state index in [4.69, 9.17) is 5.11 Å². The molecule has 0 fully saturated rings. The summed E-state index contributed by atoms with van der Waals surface area (Å²) >= 11 is 0. The van der Waals surface area contributed by atoms with Gasteiger partial charge in [-0.25, -0.2) is 24.3 Å². The first-order chi connectivity index (χ1) is 6.41. The number of rotatable bonds is 0. The fourth-order valence-corrected chi connectivity index (χ4v) is 0.680. The Balaban J connectivity index is -0.000000140. The Bertz CT molecular complexity index is 166. The molecule has 2 aliphatic rings. The van der Waals surface area contributed by atoms with E-state index in [0.717, 1.165) is 12.8 Å². The summed E-state index contributed by atoms with van der Waals surface area (Å²) in [7, 11) is 0. The van der Waals surface area contributed by atoms with Gasteiger partial charge in [0.05, 0.1) is 0 Å². The molecule has 0 aliphatic heterocycles. The van der Waals surface area contributed by atoms with Crippen molar-refractivity contribution in [3.05, 3.63) is 48.6 Å². The van der Waals surface area contributed by atoms with E-state index < -0.39 is 0 Å². The van der Waals surface area contributed by atoms with E-state index in [9.17, 15) is 0 Å². The second-order valence-electron chi connectivity index (χ2n) is 2.32. The average molecular weight is 260 g/mol. The molecule has 1 radical (unpaired) electrons. The quantitative estimate of drug-likeness (QED) is 0.464. The summed E-state index contributed by atoms with van der Waals surface area (Å²) < 4.78 is 0. The van der Waals surface area contributed by atoms with Crippen LogP contribution in [0.25, 0.3) is 0 Å². The van der Waals surface area contributed by atoms with Gasteiger partial charge in [0.25, 0.3) is 0 Å². The molecule has 0 aromatic carbocycles. The van der Waals surface area contributed by atoms with Crippen LogP contribution >= 0.6 is 0 Å². The van der Waals surface area contributed by atoms with Gasteiger partial charge < -0.3 is 17.5 Å². The smallest absolute Gasteiger partial charge is 1.00 e. The molecule has 0 unspecified atom stereocenters. The maximum absolute atomic E-state index is 7.57. The minimum absolute atomic E-state index is 0. The van der Waals surface area contributed by atoms with Gasteiger partial charge in [-0.05, 0) is 6.92 Å². The summed E-state index contributed by atoms with van der Waals surface area (Å²) in [6, 6.07) is 0. The number of hydrogen-bond acceptors (Lipinski definition) is 1. The Labute approximate surface area is 114 Å². The predicted octanol–water partition coefficient (Wildman–Crippen LogP) is -0.389. The summed E-state index contributed by atoms with van der Waals surface area (Å²) in [4.78, 5) is 0. The summed E-state index contributed by atoms with van der Waals surface area (Å²) in [5.41, 5.74) is 0. The molecule has 0 spiro atoms. The molecule has 0 saturated carbocycles. The van der Waals surface area contributed by atoms with Crippen LogP contribution in [0.4, 0.5) is 0 Å². The van der Waals surface area contributed by atoms with Crippen LogP contribution in [0.15, 0.2) is 36.5 Å². The molecule has 1 N–H and O–H groups in total. The zero-order valence-electron chi connectivity index (χ0n) is 8.91. The topological polar surface area (TPSA) is 20.2 Å². The Kier molecular flexibility index (Phi) is 26.4. The van der Waals surface area contributed by atoms with Crippen LogP contribution in [-0.4, -0.2) is 11.7 Å². The third-order valence-corrected chi connectivity index (χ3v) is 1.17. The van der Waals surface area contributed by atoms with E-state index in [1.54, 1.807) is 6.92 Å². The van der Waals surface area contributed by atoms with Gasteiger partial charge in [0, 0.05) is 6.61 Å². The van der Waals surface area contributed by atoms with E-state index in [-0.39, 0.29) is 40.7 Å². The maximum Gasteiger partial charge on any atom is 3.00 e. The zero-order chi connectivity index (χ0) is 9.78. The molecule has 2 aliphatic carbocycles. The number of aliphatic hydroxyl groups excluding tert-OH is 1. The SMILES string of the molecule is CCO.[C-]1=CC=CC1.[C-]1=CC=CC1.[Cl-].[Ti+3]. The monoisotopic (exact) mass is 259 g/mol. The standard InChI is InChI=1S/2C5H5.C2H6O.ClH.Ti/c2*1-2-4-5-3-1;1-2-3;;/h2*1-3H,4H2;3H,2H2,1H3;1H;/q2*-1;;;+3/p-1. The van der Waals surface area contributed by atoms with E-state index >= 15 is 0 Å². The van der Waals surface area contributed by atoms with E-state index in [0.29, 0.717) is 0 Å². The minimum Gasteiger partial charge on any atom is -1.00 e. The molecule has 3 heteroatoms. The molecule has 0 bridgehead atoms. The maximum atomic E-state index is 7.57. The molecule has 0 atom stereocenters. The third kappa shape index (κ3) is 20.1. The first kappa shape index (κ1) is 20.4. The molecule has 0 saturated heterocycles. The van der Waals surface area contributed by atoms with Crippen LogP contribution in [0.1, 0.15) is 19.8 Å². The molecule has 81 valence electrons. The summed E-state index contributed by atoms with van der Waals surface area (Å²) in [6.45, 7) is 1.93. The first-order valence-electron chi connectivity index (χ1n) is 4.46. The molecule has 0 amide bonds. The van der Waals surface area contributed by atoms with Crippen LogP contribution < -0.4 is 12.4 Å². The summed E-state index contributed by atoms with van der Waals surface area (Å²) in [6.07, 6.45) is 20.0. The van der Waals surface area contributed by atoms with Gasteiger partial charge in [-0.1, -0.05) is 0 Å². The predicted molar refractivity (Wildman–Crippen MR) is 55.9 cm³/mol. The van der Waals surface area contributed by atoms with Crippen molar-refractivity contribution in [1.29, 1.82) is 0 Å². The number of allylic oxidation sites excluding steroid dienone is 8. The minimum atomic E-state index is 0. The van der Waals surface area contributed by atoms with Crippen LogP contribution in [0.2, 0.25) is 0 Å². The Hall–Kier alpha value is -0.0757. The molecule has 0 heterocycles. The third-order valence-electron chi connectivity index (χ3n) is 1.17. The first-order valence-corrected chi connectivity index (χ1v) is 4.46. The number of aliphatic hydroxyl groups is 1. The fourth-order valence-electron chi connectivity index (χ4n) is 0.680. The van der Waals surface area contributed by atoms with Crippen molar-refractivity contribution in [2.75, 3.05) is 6.61 Å². The molecular formula is C12H16ClOTi. The van der Waals surface area contributed by atoms with Gasteiger partial charge in [-0.2, -0.15) is 12.2 Å². The van der Waals surface area contributed by atoms with Gasteiger partial charge in [0.1, 0.15) is 0 Å². The van der Waals surface area contributed by atoms with E-state index in [1.165, 1.54) is 0 Å². The van der Waals surface area contributed by atoms with Crippen molar-refractivity contribution in [2.24, 2.45) is 0 Å². The second kappa shape index (κ2) is 19.5. The van der Waals surface area contributed by atoms with Crippen molar-refractivity contribution in [3.63, 3.8) is 0 Å². The van der Waals surface area contributed by atoms with Crippen molar-refractivity contribution < 1.29 is 39.2 Å². The normalized spacial score (nSPS) is 12.9. The molecule has 0 aromatic rings. The van der Waals surface area contributed by atoms with Gasteiger partial charge >= 0.3 is 21.7 Å². The van der Waals surface area contributed by atoms with Crippen molar-refractivity contribution in [3.8, 4) is 0 Å². The number of hydrogen-bond donors (Lipinski definition) is 1. The largest absolute Gasteiger partial charge is 3.00 e. The van der Waals surface area contributed by atoms with Gasteiger partial charge in [0.15, 0.2) is 0 Å². The molecule has 1 nitrogen and oxygen atoms in total. The van der Waals surface area contributed by atoms with E-state index in [2.05, 4.69) is 24.3 Å². The molecule has 15 heavy (non-hydrogen) atoms. The van der Waals surface area contributed by atoms with Crippen LogP contribution in [0, 0.1) is 12.2 Å². The molecule has 0 aromatic heterocycles. The summed E-state index contributed by atoms with van der Waals surface area (Å²) in [5, 5.41) is 7.57. The van der Waals surface area contributed by atoms with Crippen LogP contribution in [0.3, 0.4) is 0 Å². The average Bonchev–Trinajstić information content (AvgIpc) is 2.85. The van der Waals surface area contributed by atoms with E-state index in [1.807, 2.05) is 24.3 Å². The van der Waals surface area contributed by atoms with Gasteiger partial charge in [-0.3, -0.25) is 12.2 Å². The zero-order valence-corrected chi connectivity index (χ0v) is 11.2. The van der Waals surface area contributed by atoms with Crippen LogP contribution in [0.5, 0.6) is 0 Å². The number of halogens is 1. The molecular weight excluding hydrogens is 243 g/mol. The van der Waals surface area contributed by atoms with Crippen molar-refractivity contribution in [2.45, 2.75) is 19.8 Å². The van der Waals surface area contributed by atoms with Gasteiger partial charge in [0.2, 0.25) is 0 Å². The fraction of sp³-hybridized carbons (Fsp3) is 0.333. The Morgan fingerprint density at radius 1 is 1.07 bits per heavy atom. The summed E-state index contributed by atoms with van der Waals surface area (Å²) in [5.74, 6) is 0. The molecule has 2 rings (SSSR count). The van der Waals surface area contributed by atoms with Crippen molar-refractivity contribution >= 4 is 0 Å². The van der Waals surface area contributed by atoms with Gasteiger partial charge in [-0.15, -0.1) is 12.8 Å². The van der Waals surface area contributed by atoms with Crippen LogP contribution in [-0.2, 0) is 21.7 Å². The second-order valence-corrected chi connectivity index (χ2v) is 2.32. The van der Waals surface area contributed by atoms with Crippen molar-refractivity contribution in [1.82, 2.24) is 0 Å².